The molecule has 0 unspecified atom stereocenters. The van der Waals surface area contributed by atoms with Gasteiger partial charge in [-0.15, -0.1) is 0 Å². The van der Waals surface area contributed by atoms with E-state index in [1.807, 2.05) is 24.0 Å². The minimum atomic E-state index is 0.455. The average molecular weight is 207 g/mol. The largest absolute Gasteiger partial charge is 0.336 e. The third-order valence-corrected chi connectivity index (χ3v) is 1.91. The summed E-state index contributed by atoms with van der Waals surface area (Å²) in [7, 11) is 0. The highest BCUT2D eigenvalue weighted by Crippen LogP contribution is 2.01. The van der Waals surface area contributed by atoms with Gasteiger partial charge in [0.05, 0.1) is 12.7 Å². The van der Waals surface area contributed by atoms with Gasteiger partial charge in [-0.2, -0.15) is 10.1 Å². The Balaban J connectivity index is 1.80. The second-order valence-electron chi connectivity index (χ2n) is 3.35. The van der Waals surface area contributed by atoms with Gasteiger partial charge in [0.15, 0.2) is 5.82 Å². The first-order valence-electron chi connectivity index (χ1n) is 4.77. The molecule has 0 aliphatic carbocycles. The van der Waals surface area contributed by atoms with Gasteiger partial charge in [0, 0.05) is 12.7 Å². The number of nitrogens with zero attached hydrogens (tertiary/aromatic N) is 4. The van der Waals surface area contributed by atoms with Crippen LogP contribution >= 0.6 is 0 Å². The van der Waals surface area contributed by atoms with Crippen molar-refractivity contribution in [3.05, 3.63) is 23.8 Å². The van der Waals surface area contributed by atoms with E-state index in [-0.39, 0.29) is 0 Å². The molecule has 0 saturated heterocycles. The van der Waals surface area contributed by atoms with E-state index in [2.05, 4.69) is 20.6 Å². The molecule has 6 heteroatoms. The summed E-state index contributed by atoms with van der Waals surface area (Å²) in [5.74, 6) is 0.632. The molecule has 2 aromatic rings. The molecule has 0 saturated carbocycles. The van der Waals surface area contributed by atoms with Crippen LogP contribution in [-0.4, -0.2) is 26.5 Å². The molecule has 15 heavy (non-hydrogen) atoms. The van der Waals surface area contributed by atoms with Crippen LogP contribution in [0.5, 0.6) is 0 Å². The number of rotatable bonds is 4. The van der Waals surface area contributed by atoms with E-state index in [0.717, 1.165) is 12.1 Å². The minimum Gasteiger partial charge on any atom is -0.336 e. The average Bonchev–Trinajstić information content (AvgIpc) is 2.76. The highest BCUT2D eigenvalue weighted by Gasteiger charge is 2.00. The first kappa shape index (κ1) is 9.70. The molecule has 0 atom stereocenters. The van der Waals surface area contributed by atoms with Crippen molar-refractivity contribution in [2.75, 3.05) is 11.9 Å². The maximum Gasteiger partial charge on any atom is 0.321 e. The molecule has 0 spiro atoms. The van der Waals surface area contributed by atoms with Crippen LogP contribution in [0.3, 0.4) is 0 Å². The summed E-state index contributed by atoms with van der Waals surface area (Å²) in [4.78, 5) is 4.03. The zero-order valence-corrected chi connectivity index (χ0v) is 8.77. The van der Waals surface area contributed by atoms with Gasteiger partial charge in [0.25, 0.3) is 0 Å². The Hall–Kier alpha value is -1.85. The van der Waals surface area contributed by atoms with Crippen molar-refractivity contribution in [3.63, 3.8) is 0 Å². The van der Waals surface area contributed by atoms with E-state index < -0.39 is 0 Å². The lowest BCUT2D eigenvalue weighted by molar-refractivity contribution is 0.424. The Labute approximate surface area is 87.3 Å². The standard InChI is InChI=1S/C9H13N5O/c1-7-5-11-14(6-7)4-3-10-9-12-8(2)13-15-9/h5-6H,3-4H2,1-2H3,(H,10,12,13). The summed E-state index contributed by atoms with van der Waals surface area (Å²) in [5, 5.41) is 10.9. The molecule has 0 bridgehead atoms. The van der Waals surface area contributed by atoms with Gasteiger partial charge in [-0.1, -0.05) is 5.16 Å². The number of aryl methyl sites for hydroxylation is 2. The fourth-order valence-electron chi connectivity index (χ4n) is 1.24. The first-order chi connectivity index (χ1) is 7.24. The van der Waals surface area contributed by atoms with Crippen LogP contribution in [0.2, 0.25) is 0 Å². The third kappa shape index (κ3) is 2.55. The molecule has 2 aromatic heterocycles. The topological polar surface area (TPSA) is 68.8 Å². The summed E-state index contributed by atoms with van der Waals surface area (Å²) in [6.45, 7) is 5.28. The molecular weight excluding hydrogens is 194 g/mol. The van der Waals surface area contributed by atoms with Gasteiger partial charge in [-0.25, -0.2) is 0 Å². The van der Waals surface area contributed by atoms with Crippen LogP contribution in [0.1, 0.15) is 11.4 Å². The van der Waals surface area contributed by atoms with Crippen molar-refractivity contribution in [2.24, 2.45) is 0 Å². The molecule has 0 aliphatic rings. The lowest BCUT2D eigenvalue weighted by Crippen LogP contribution is -2.10. The SMILES string of the molecule is Cc1cnn(CCNc2nc(C)no2)c1. The molecule has 2 rings (SSSR count). The number of aromatic nitrogens is 4. The summed E-state index contributed by atoms with van der Waals surface area (Å²) in [6, 6.07) is 0.455. The van der Waals surface area contributed by atoms with E-state index in [0.29, 0.717) is 18.4 Å². The first-order valence-corrected chi connectivity index (χ1v) is 4.77. The van der Waals surface area contributed by atoms with Crippen molar-refractivity contribution in [1.29, 1.82) is 0 Å². The smallest absolute Gasteiger partial charge is 0.321 e. The van der Waals surface area contributed by atoms with E-state index >= 15 is 0 Å². The summed E-state index contributed by atoms with van der Waals surface area (Å²) < 4.78 is 6.77. The van der Waals surface area contributed by atoms with Gasteiger partial charge in [-0.3, -0.25) is 4.68 Å². The Kier molecular flexibility index (Phi) is 2.66. The van der Waals surface area contributed by atoms with Gasteiger partial charge < -0.3 is 9.84 Å². The molecule has 80 valence electrons. The quantitative estimate of drug-likeness (QED) is 0.809. The van der Waals surface area contributed by atoms with E-state index in [4.69, 9.17) is 4.52 Å². The number of nitrogens with one attached hydrogen (secondary N) is 1. The predicted molar refractivity (Wildman–Crippen MR) is 54.5 cm³/mol. The number of anilines is 1. The van der Waals surface area contributed by atoms with Crippen LogP contribution < -0.4 is 5.32 Å². The summed E-state index contributed by atoms with van der Waals surface area (Å²) in [5.41, 5.74) is 1.16. The lowest BCUT2D eigenvalue weighted by Gasteiger charge is -2.00. The van der Waals surface area contributed by atoms with Crippen molar-refractivity contribution in [2.45, 2.75) is 20.4 Å². The van der Waals surface area contributed by atoms with Gasteiger partial charge >= 0.3 is 6.01 Å². The highest BCUT2D eigenvalue weighted by molar-refractivity contribution is 5.17. The third-order valence-electron chi connectivity index (χ3n) is 1.91. The molecule has 1 N–H and O–H groups in total. The Morgan fingerprint density at radius 3 is 2.93 bits per heavy atom. The Bertz CT molecular complexity index is 393. The molecular formula is C9H13N5O. The van der Waals surface area contributed by atoms with Gasteiger partial charge in [-0.05, 0) is 19.4 Å². The molecule has 2 heterocycles. The fraction of sp³-hybridized carbons (Fsp3) is 0.444. The van der Waals surface area contributed by atoms with E-state index in [1.54, 1.807) is 6.92 Å². The van der Waals surface area contributed by atoms with Crippen molar-refractivity contribution >= 4 is 6.01 Å². The summed E-state index contributed by atoms with van der Waals surface area (Å²) in [6.07, 6.45) is 3.82. The van der Waals surface area contributed by atoms with E-state index in [1.165, 1.54) is 0 Å². The van der Waals surface area contributed by atoms with Crippen LogP contribution in [0.25, 0.3) is 0 Å². The molecule has 0 aromatic carbocycles. The van der Waals surface area contributed by atoms with Gasteiger partial charge in [0.1, 0.15) is 0 Å². The fourth-order valence-corrected chi connectivity index (χ4v) is 1.24. The molecule has 0 fully saturated rings. The van der Waals surface area contributed by atoms with Crippen molar-refractivity contribution in [3.8, 4) is 0 Å². The minimum absolute atomic E-state index is 0.455. The zero-order chi connectivity index (χ0) is 10.7. The molecule has 6 nitrogen and oxygen atoms in total. The predicted octanol–water partition coefficient (Wildman–Crippen LogP) is 0.995. The normalized spacial score (nSPS) is 10.5. The Morgan fingerprint density at radius 1 is 1.47 bits per heavy atom. The summed E-state index contributed by atoms with van der Waals surface area (Å²) >= 11 is 0. The van der Waals surface area contributed by atoms with Crippen molar-refractivity contribution in [1.82, 2.24) is 19.9 Å². The van der Waals surface area contributed by atoms with Crippen molar-refractivity contribution < 1.29 is 4.52 Å². The number of hydrogen-bond donors (Lipinski definition) is 1. The molecule has 0 radical (unpaired) electrons. The van der Waals surface area contributed by atoms with Crippen LogP contribution in [0.15, 0.2) is 16.9 Å². The zero-order valence-electron chi connectivity index (χ0n) is 8.77. The highest BCUT2D eigenvalue weighted by atomic mass is 16.5. The van der Waals surface area contributed by atoms with E-state index in [9.17, 15) is 0 Å². The second-order valence-corrected chi connectivity index (χ2v) is 3.35. The lowest BCUT2D eigenvalue weighted by atomic mass is 10.4. The van der Waals surface area contributed by atoms with Crippen LogP contribution in [-0.2, 0) is 6.54 Å². The Morgan fingerprint density at radius 2 is 2.33 bits per heavy atom. The maximum atomic E-state index is 4.91. The van der Waals surface area contributed by atoms with Crippen LogP contribution in [0, 0.1) is 13.8 Å². The maximum absolute atomic E-state index is 4.91. The monoisotopic (exact) mass is 207 g/mol. The second kappa shape index (κ2) is 4.12. The molecule has 0 aliphatic heterocycles. The number of hydrogen-bond acceptors (Lipinski definition) is 5. The van der Waals surface area contributed by atoms with Crippen LogP contribution in [0.4, 0.5) is 6.01 Å². The van der Waals surface area contributed by atoms with Gasteiger partial charge in [0.2, 0.25) is 0 Å². The molecule has 0 amide bonds.